The highest BCUT2D eigenvalue weighted by Crippen LogP contribution is 2.26. The topological polar surface area (TPSA) is 89.3 Å². The summed E-state index contributed by atoms with van der Waals surface area (Å²) in [4.78, 5) is 21.1. The number of aromatic nitrogens is 2. The number of ether oxygens (including phenoxy) is 1. The largest absolute Gasteiger partial charge is 0.491 e. The number of rotatable bonds is 0. The van der Waals surface area contributed by atoms with Crippen molar-refractivity contribution in [2.75, 3.05) is 23.8 Å². The smallest absolute Gasteiger partial charge is 0.277 e. The minimum Gasteiger partial charge on any atom is -0.491 e. The Kier molecular flexibility index (Phi) is 4.51. The number of para-hydroxylation sites is 2. The number of hydrogen-bond donors (Lipinski definition) is 2. The number of oxazole rings is 1. The fourth-order valence-electron chi connectivity index (χ4n) is 2.68. The molecule has 2 N–H and O–H groups in total. The lowest BCUT2D eigenvalue weighted by atomic mass is 10.2. The molecule has 4 rings (SSSR count). The van der Waals surface area contributed by atoms with Gasteiger partial charge in [-0.15, -0.1) is 0 Å². The van der Waals surface area contributed by atoms with Gasteiger partial charge in [-0.3, -0.25) is 4.79 Å². The Morgan fingerprint density at radius 3 is 3.00 bits per heavy atom. The monoisotopic (exact) mass is 350 g/mol. The van der Waals surface area contributed by atoms with Crippen LogP contribution in [0.2, 0.25) is 0 Å². The number of hydrogen-bond acceptors (Lipinski definition) is 6. The van der Waals surface area contributed by atoms with E-state index in [0.29, 0.717) is 23.9 Å². The number of pyridine rings is 1. The molecule has 3 heterocycles. The molecule has 0 saturated carbocycles. The predicted molar refractivity (Wildman–Crippen MR) is 97.3 cm³/mol. The van der Waals surface area contributed by atoms with Gasteiger partial charge in [0.05, 0.1) is 12.3 Å². The van der Waals surface area contributed by atoms with Crippen LogP contribution in [0.1, 0.15) is 23.3 Å². The average molecular weight is 350 g/mol. The van der Waals surface area contributed by atoms with Crippen LogP contribution in [0.25, 0.3) is 11.5 Å². The van der Waals surface area contributed by atoms with Crippen LogP contribution < -0.4 is 15.4 Å². The molecular weight excluding hydrogens is 332 g/mol. The van der Waals surface area contributed by atoms with Crippen LogP contribution in [0.15, 0.2) is 53.3 Å². The van der Waals surface area contributed by atoms with E-state index in [9.17, 15) is 4.79 Å². The van der Waals surface area contributed by atoms with Gasteiger partial charge in [-0.25, -0.2) is 9.97 Å². The Morgan fingerprint density at radius 1 is 1.12 bits per heavy atom. The van der Waals surface area contributed by atoms with Crippen LogP contribution in [-0.4, -0.2) is 29.0 Å². The van der Waals surface area contributed by atoms with Crippen molar-refractivity contribution in [3.8, 4) is 17.2 Å². The molecule has 1 aliphatic heterocycles. The van der Waals surface area contributed by atoms with Crippen molar-refractivity contribution in [2.24, 2.45) is 0 Å². The zero-order valence-electron chi connectivity index (χ0n) is 14.1. The maximum Gasteiger partial charge on any atom is 0.277 e. The molecule has 3 aromatic rings. The first-order chi connectivity index (χ1) is 12.8. The summed E-state index contributed by atoms with van der Waals surface area (Å²) >= 11 is 0. The Morgan fingerprint density at radius 2 is 2.04 bits per heavy atom. The van der Waals surface area contributed by atoms with Gasteiger partial charge in [-0.2, -0.15) is 0 Å². The third kappa shape index (κ3) is 3.51. The Balaban J connectivity index is 1.67. The summed E-state index contributed by atoms with van der Waals surface area (Å²) in [7, 11) is 0. The third-order valence-electron chi connectivity index (χ3n) is 4.01. The molecule has 0 aliphatic carbocycles. The number of fused-ring (bicyclic) bond motifs is 6. The van der Waals surface area contributed by atoms with E-state index in [-0.39, 0.29) is 11.6 Å². The van der Waals surface area contributed by atoms with Crippen LogP contribution in [0, 0.1) is 0 Å². The highest BCUT2D eigenvalue weighted by molar-refractivity contribution is 6.03. The average Bonchev–Trinajstić information content (AvgIpc) is 3.16. The van der Waals surface area contributed by atoms with Crippen LogP contribution >= 0.6 is 0 Å². The Labute approximate surface area is 150 Å². The van der Waals surface area contributed by atoms with E-state index in [4.69, 9.17) is 9.15 Å². The molecule has 0 spiro atoms. The van der Waals surface area contributed by atoms with Crippen LogP contribution in [0.5, 0.6) is 5.75 Å². The van der Waals surface area contributed by atoms with E-state index in [1.54, 1.807) is 18.3 Å². The molecule has 7 heteroatoms. The lowest BCUT2D eigenvalue weighted by molar-refractivity contribution is 0.102. The molecule has 132 valence electrons. The molecule has 4 bridgehead atoms. The molecule has 1 amide bonds. The summed E-state index contributed by atoms with van der Waals surface area (Å²) in [5.74, 6) is 1.40. The molecule has 0 radical (unpaired) electrons. The van der Waals surface area contributed by atoms with Crippen molar-refractivity contribution < 1.29 is 13.9 Å². The zero-order chi connectivity index (χ0) is 17.8. The lowest BCUT2D eigenvalue weighted by Gasteiger charge is -2.12. The van der Waals surface area contributed by atoms with Crippen molar-refractivity contribution in [2.45, 2.75) is 12.8 Å². The first kappa shape index (κ1) is 16.1. The van der Waals surface area contributed by atoms with E-state index in [2.05, 4.69) is 20.6 Å². The summed E-state index contributed by atoms with van der Waals surface area (Å²) in [5, 5.41) is 6.11. The second-order valence-electron chi connectivity index (χ2n) is 5.90. The van der Waals surface area contributed by atoms with Crippen molar-refractivity contribution in [3.63, 3.8) is 0 Å². The molecular formula is C19H18N4O3. The quantitative estimate of drug-likeness (QED) is 0.644. The van der Waals surface area contributed by atoms with Gasteiger partial charge in [0, 0.05) is 18.3 Å². The third-order valence-corrected chi connectivity index (χ3v) is 4.01. The van der Waals surface area contributed by atoms with Gasteiger partial charge in [0.15, 0.2) is 5.69 Å². The molecule has 2 aromatic heterocycles. The number of anilines is 2. The SMILES string of the molecule is O=C1Nc2ccccc2OCCCCNc2cc(ccn2)-c2nc1co2. The normalized spacial score (nSPS) is 14.5. The van der Waals surface area contributed by atoms with Crippen LogP contribution in [0.3, 0.4) is 0 Å². The number of carbonyl (C=O) groups excluding carboxylic acids is 1. The Hall–Kier alpha value is -3.35. The summed E-state index contributed by atoms with van der Waals surface area (Å²) in [6, 6.07) is 11.0. The van der Waals surface area contributed by atoms with Gasteiger partial charge in [-0.05, 0) is 37.1 Å². The minimum atomic E-state index is -0.351. The van der Waals surface area contributed by atoms with Gasteiger partial charge >= 0.3 is 0 Å². The molecule has 0 fully saturated rings. The van der Waals surface area contributed by atoms with E-state index < -0.39 is 0 Å². The second kappa shape index (κ2) is 7.26. The molecule has 0 unspecified atom stereocenters. The number of nitrogens with one attached hydrogen (secondary N) is 2. The van der Waals surface area contributed by atoms with Gasteiger partial charge in [-0.1, -0.05) is 12.1 Å². The fraction of sp³-hybridized carbons (Fsp3) is 0.211. The van der Waals surface area contributed by atoms with Gasteiger partial charge < -0.3 is 19.8 Å². The molecule has 0 saturated heterocycles. The first-order valence-corrected chi connectivity index (χ1v) is 8.48. The van der Waals surface area contributed by atoms with E-state index in [0.717, 1.165) is 30.8 Å². The second-order valence-corrected chi connectivity index (χ2v) is 5.90. The number of carbonyl (C=O) groups is 1. The Bertz CT molecular complexity index is 922. The summed E-state index contributed by atoms with van der Waals surface area (Å²) in [6.45, 7) is 1.35. The predicted octanol–water partition coefficient (Wildman–Crippen LogP) is 3.57. The minimum absolute atomic E-state index is 0.202. The summed E-state index contributed by atoms with van der Waals surface area (Å²) in [5.41, 5.74) is 1.57. The fourth-order valence-corrected chi connectivity index (χ4v) is 2.68. The number of benzene rings is 1. The lowest BCUT2D eigenvalue weighted by Crippen LogP contribution is -2.14. The zero-order valence-corrected chi connectivity index (χ0v) is 14.1. The molecule has 0 atom stereocenters. The molecule has 26 heavy (non-hydrogen) atoms. The number of amides is 1. The van der Waals surface area contributed by atoms with Crippen molar-refractivity contribution in [1.82, 2.24) is 9.97 Å². The summed E-state index contributed by atoms with van der Waals surface area (Å²) < 4.78 is 11.3. The number of nitrogens with zero attached hydrogens (tertiary/aromatic N) is 2. The highest BCUT2D eigenvalue weighted by atomic mass is 16.5. The van der Waals surface area contributed by atoms with E-state index in [1.165, 1.54) is 6.26 Å². The first-order valence-electron chi connectivity index (χ1n) is 8.48. The van der Waals surface area contributed by atoms with E-state index in [1.807, 2.05) is 24.3 Å². The van der Waals surface area contributed by atoms with Crippen LogP contribution in [0.4, 0.5) is 11.5 Å². The van der Waals surface area contributed by atoms with Gasteiger partial charge in [0.1, 0.15) is 17.8 Å². The molecule has 7 nitrogen and oxygen atoms in total. The van der Waals surface area contributed by atoms with Gasteiger partial charge in [0.2, 0.25) is 5.89 Å². The molecule has 1 aliphatic rings. The maximum absolute atomic E-state index is 12.5. The van der Waals surface area contributed by atoms with E-state index >= 15 is 0 Å². The highest BCUT2D eigenvalue weighted by Gasteiger charge is 2.16. The van der Waals surface area contributed by atoms with Crippen molar-refractivity contribution in [3.05, 3.63) is 54.6 Å². The van der Waals surface area contributed by atoms with Crippen molar-refractivity contribution in [1.29, 1.82) is 0 Å². The van der Waals surface area contributed by atoms with Gasteiger partial charge in [0.25, 0.3) is 5.91 Å². The molecule has 1 aromatic carbocycles. The maximum atomic E-state index is 12.5. The standard InChI is InChI=1S/C19H18N4O3/c24-18-15-12-26-19(23-15)13-7-9-21-17(11-13)20-8-3-4-10-25-16-6-2-1-5-14(16)22-18/h1-2,5-7,9,11-12H,3-4,8,10H2,(H,20,21)(H,22,24). The summed E-state index contributed by atoms with van der Waals surface area (Å²) in [6.07, 6.45) is 4.85. The van der Waals surface area contributed by atoms with Crippen LogP contribution in [-0.2, 0) is 0 Å². The van der Waals surface area contributed by atoms with Crippen molar-refractivity contribution >= 4 is 17.4 Å².